The quantitative estimate of drug-likeness (QED) is 0.186. The summed E-state index contributed by atoms with van der Waals surface area (Å²) >= 11 is 0. The van der Waals surface area contributed by atoms with Crippen LogP contribution in [0.4, 0.5) is 17.6 Å². The first kappa shape index (κ1) is 30.5. The van der Waals surface area contributed by atoms with Crippen LogP contribution in [0.3, 0.4) is 0 Å². The topological polar surface area (TPSA) is 147 Å². The van der Waals surface area contributed by atoms with Crippen LogP contribution in [0.15, 0.2) is 0 Å². The number of hydrogen-bond donors (Lipinski definition) is 3. The van der Waals surface area contributed by atoms with Crippen LogP contribution < -0.4 is 0 Å². The lowest BCUT2D eigenvalue weighted by atomic mass is 9.48. The van der Waals surface area contributed by atoms with Crippen molar-refractivity contribution in [3.8, 4) is 0 Å². The first-order valence-corrected chi connectivity index (χ1v) is 16.3. The van der Waals surface area contributed by atoms with E-state index >= 15 is 0 Å². The summed E-state index contributed by atoms with van der Waals surface area (Å²) in [7, 11) is -6.45. The van der Waals surface area contributed by atoms with Crippen molar-refractivity contribution in [2.75, 3.05) is 6.61 Å². The van der Waals surface area contributed by atoms with E-state index in [0.717, 1.165) is 12.8 Å². The van der Waals surface area contributed by atoms with E-state index in [-0.39, 0.29) is 36.5 Å². The van der Waals surface area contributed by atoms with Gasteiger partial charge in [0, 0.05) is 6.42 Å². The van der Waals surface area contributed by atoms with Gasteiger partial charge in [-0.3, -0.25) is 14.1 Å². The number of aliphatic hydroxyl groups is 2. The largest absolute Gasteiger partial charge is 0.461 e. The van der Waals surface area contributed by atoms with Gasteiger partial charge in [-0.05, 0) is 107 Å². The molecular formula is C28H38F4O9S. The second-order valence-corrected chi connectivity index (χ2v) is 16.3. The number of halogens is 4. The minimum Gasteiger partial charge on any atom is -0.461 e. The smallest absolute Gasteiger partial charge is 0.431 e. The van der Waals surface area contributed by atoms with Crippen molar-refractivity contribution in [3.63, 3.8) is 0 Å². The molecule has 8 aliphatic rings. The molecule has 8 saturated carbocycles. The van der Waals surface area contributed by atoms with Gasteiger partial charge >= 0.3 is 33.2 Å². The van der Waals surface area contributed by atoms with Gasteiger partial charge in [-0.1, -0.05) is 0 Å². The van der Waals surface area contributed by atoms with Gasteiger partial charge in [-0.2, -0.15) is 26.0 Å². The second-order valence-electron chi connectivity index (χ2n) is 14.8. The minimum atomic E-state index is -6.45. The molecule has 14 heteroatoms. The molecule has 8 fully saturated rings. The zero-order valence-corrected chi connectivity index (χ0v) is 24.0. The van der Waals surface area contributed by atoms with Crippen LogP contribution in [0.25, 0.3) is 0 Å². The van der Waals surface area contributed by atoms with Crippen LogP contribution in [0.1, 0.15) is 89.9 Å². The first-order chi connectivity index (χ1) is 19.3. The van der Waals surface area contributed by atoms with E-state index < -0.39 is 80.8 Å². The number of carbonyl (C=O) groups is 2. The van der Waals surface area contributed by atoms with Crippen molar-refractivity contribution in [1.82, 2.24) is 0 Å². The number of esters is 2. The van der Waals surface area contributed by atoms with Gasteiger partial charge in [-0.15, -0.1) is 0 Å². The first-order valence-electron chi connectivity index (χ1n) is 14.8. The molecule has 0 saturated heterocycles. The van der Waals surface area contributed by atoms with Crippen LogP contribution in [-0.4, -0.2) is 70.2 Å². The normalized spacial score (nSPS) is 42.9. The third kappa shape index (κ3) is 5.05. The van der Waals surface area contributed by atoms with Crippen LogP contribution in [0, 0.1) is 34.5 Å². The SMILES string of the molecule is O=C(OCC(CCC(F)(F)C(F)(F)S(=O)(=O)O)OC(=O)C12CC3CC(CC(O)(C3)C1)C2)C12CC3CC(CC(O)(C3)C1)C2. The van der Waals surface area contributed by atoms with Gasteiger partial charge in [0.1, 0.15) is 12.7 Å². The Morgan fingerprint density at radius 2 is 1.21 bits per heavy atom. The van der Waals surface area contributed by atoms with E-state index in [9.17, 15) is 45.8 Å². The lowest BCUT2D eigenvalue weighted by Crippen LogP contribution is -2.59. The molecule has 42 heavy (non-hydrogen) atoms. The maximum Gasteiger partial charge on any atom is 0.431 e. The summed E-state index contributed by atoms with van der Waals surface area (Å²) in [4.78, 5) is 27.0. The molecule has 8 aliphatic carbocycles. The van der Waals surface area contributed by atoms with E-state index in [1.54, 1.807) is 0 Å². The summed E-state index contributed by atoms with van der Waals surface area (Å²) in [6.45, 7) is -0.721. The van der Waals surface area contributed by atoms with E-state index in [0.29, 0.717) is 51.4 Å². The Balaban J connectivity index is 1.18. The van der Waals surface area contributed by atoms with E-state index in [1.165, 1.54) is 0 Å². The van der Waals surface area contributed by atoms with Gasteiger partial charge in [0.15, 0.2) is 0 Å². The van der Waals surface area contributed by atoms with Gasteiger partial charge in [-0.25, -0.2) is 0 Å². The molecule has 0 spiro atoms. The lowest BCUT2D eigenvalue weighted by Gasteiger charge is -2.59. The summed E-state index contributed by atoms with van der Waals surface area (Å²) in [5.41, 5.74) is -4.09. The summed E-state index contributed by atoms with van der Waals surface area (Å²) < 4.78 is 98.4. The molecule has 8 bridgehead atoms. The highest BCUT2D eigenvalue weighted by Gasteiger charge is 2.66. The molecule has 9 nitrogen and oxygen atoms in total. The molecule has 0 heterocycles. The summed E-state index contributed by atoms with van der Waals surface area (Å²) in [6, 6.07) is 0. The Kier molecular flexibility index (Phi) is 6.90. The molecule has 0 amide bonds. The average molecular weight is 627 g/mol. The Labute approximate surface area is 241 Å². The predicted octanol–water partition coefficient (Wildman–Crippen LogP) is 4.00. The van der Waals surface area contributed by atoms with Crippen LogP contribution in [-0.2, 0) is 29.2 Å². The third-order valence-electron chi connectivity index (χ3n) is 11.1. The second kappa shape index (κ2) is 9.50. The predicted molar refractivity (Wildman–Crippen MR) is 136 cm³/mol. The monoisotopic (exact) mass is 626 g/mol. The molecule has 238 valence electrons. The fourth-order valence-corrected chi connectivity index (χ4v) is 10.8. The van der Waals surface area contributed by atoms with Crippen molar-refractivity contribution in [3.05, 3.63) is 0 Å². The molecule has 3 N–H and O–H groups in total. The number of alkyl halides is 4. The fourth-order valence-electron chi connectivity index (χ4n) is 10.4. The zero-order chi connectivity index (χ0) is 30.6. The van der Waals surface area contributed by atoms with Gasteiger partial charge in [0.2, 0.25) is 0 Å². The fraction of sp³-hybridized carbons (Fsp3) is 0.929. The number of ether oxygens (including phenoxy) is 2. The van der Waals surface area contributed by atoms with Crippen molar-refractivity contribution >= 4 is 22.1 Å². The van der Waals surface area contributed by atoms with Crippen molar-refractivity contribution < 1.29 is 59.8 Å². The summed E-state index contributed by atoms with van der Waals surface area (Å²) in [6.07, 6.45) is 1.82. The molecule has 0 aromatic rings. The highest BCUT2D eigenvalue weighted by molar-refractivity contribution is 7.87. The molecule has 0 radical (unpaired) electrons. The standard InChI is InChI=1S/C28H38F4O9S/c29-27(30,28(31,32)42(37,38)39)2-1-20(41-22(34)24-7-18-4-19(8-24)12-26(36,11-18)15-24)13-40-21(33)23-5-16-3-17(6-23)10-25(35,9-16)14-23/h16-20,35-36H,1-15H2,(H,37,38,39). The number of hydrogen-bond acceptors (Lipinski definition) is 8. The maximum absolute atomic E-state index is 14.4. The molecule has 0 aliphatic heterocycles. The molecule has 0 aromatic carbocycles. The Bertz CT molecular complexity index is 1230. The van der Waals surface area contributed by atoms with E-state index in [2.05, 4.69) is 0 Å². The maximum atomic E-state index is 14.4. The number of rotatable bonds is 10. The van der Waals surface area contributed by atoms with Gasteiger partial charge in [0.25, 0.3) is 0 Å². The van der Waals surface area contributed by atoms with Crippen LogP contribution in [0.2, 0.25) is 0 Å². The highest BCUT2D eigenvalue weighted by atomic mass is 32.2. The van der Waals surface area contributed by atoms with E-state index in [1.807, 2.05) is 0 Å². The number of carbonyl (C=O) groups excluding carboxylic acids is 2. The lowest BCUT2D eigenvalue weighted by molar-refractivity contribution is -0.209. The van der Waals surface area contributed by atoms with Gasteiger partial charge in [0.05, 0.1) is 22.0 Å². The molecule has 5 atom stereocenters. The molecule has 8 rings (SSSR count). The Morgan fingerprint density at radius 1 is 0.786 bits per heavy atom. The minimum absolute atomic E-state index is 0.0831. The van der Waals surface area contributed by atoms with Gasteiger partial charge < -0.3 is 19.7 Å². The van der Waals surface area contributed by atoms with E-state index in [4.69, 9.17) is 14.0 Å². The van der Waals surface area contributed by atoms with Crippen LogP contribution >= 0.6 is 0 Å². The molecule has 5 unspecified atom stereocenters. The summed E-state index contributed by atoms with van der Waals surface area (Å²) in [5.74, 6) is -6.23. The molecule has 0 aromatic heterocycles. The molecular weight excluding hydrogens is 588 g/mol. The average Bonchev–Trinajstić information content (AvgIpc) is 2.81. The summed E-state index contributed by atoms with van der Waals surface area (Å²) in [5, 5.41) is 16.2. The van der Waals surface area contributed by atoms with Crippen molar-refractivity contribution in [2.45, 2.75) is 118 Å². The Hall–Kier alpha value is -1.51. The van der Waals surface area contributed by atoms with Crippen molar-refractivity contribution in [1.29, 1.82) is 0 Å². The zero-order valence-electron chi connectivity index (χ0n) is 23.2. The Morgan fingerprint density at radius 3 is 1.62 bits per heavy atom. The highest BCUT2D eigenvalue weighted by Crippen LogP contribution is 2.63. The third-order valence-corrected chi connectivity index (χ3v) is 12.1. The van der Waals surface area contributed by atoms with Crippen molar-refractivity contribution in [2.24, 2.45) is 34.5 Å². The van der Waals surface area contributed by atoms with Crippen LogP contribution in [0.5, 0.6) is 0 Å².